The molecule has 0 unspecified atom stereocenters. The number of hydrogen-bond donors (Lipinski definition) is 3. The Kier molecular flexibility index (Phi) is 8.12. The lowest BCUT2D eigenvalue weighted by Gasteiger charge is -2.14. The standard InChI is InChI=1S/C16H24BrN3O2/c1-4-14(12-5-7-13(17)8-6-12)18-9-15(21)19-10-16(22)20-11(2)3/h5-8,11,14,18H,4,9-10H2,1-3H3,(H,19,21)(H,20,22)/p+1/t14-/m1/s1. The Hall–Kier alpha value is -1.40. The average Bonchev–Trinajstić information content (AvgIpc) is 2.46. The van der Waals surface area contributed by atoms with Crippen LogP contribution in [0.25, 0.3) is 0 Å². The lowest BCUT2D eigenvalue weighted by molar-refractivity contribution is -0.686. The van der Waals surface area contributed by atoms with Crippen molar-refractivity contribution in [3.8, 4) is 0 Å². The zero-order valence-electron chi connectivity index (χ0n) is 13.4. The fraction of sp³-hybridized carbons (Fsp3) is 0.500. The Morgan fingerprint density at radius 1 is 1.18 bits per heavy atom. The summed E-state index contributed by atoms with van der Waals surface area (Å²) in [6, 6.07) is 8.44. The number of quaternary nitrogens is 1. The molecule has 1 aromatic rings. The zero-order valence-corrected chi connectivity index (χ0v) is 14.9. The summed E-state index contributed by atoms with van der Waals surface area (Å²) in [5.41, 5.74) is 1.19. The van der Waals surface area contributed by atoms with E-state index in [1.54, 1.807) is 0 Å². The smallest absolute Gasteiger partial charge is 0.275 e. The van der Waals surface area contributed by atoms with Gasteiger partial charge >= 0.3 is 0 Å². The largest absolute Gasteiger partial charge is 0.352 e. The van der Waals surface area contributed by atoms with Gasteiger partial charge < -0.3 is 16.0 Å². The number of amides is 2. The van der Waals surface area contributed by atoms with Crippen LogP contribution >= 0.6 is 15.9 Å². The highest BCUT2D eigenvalue weighted by Crippen LogP contribution is 2.16. The van der Waals surface area contributed by atoms with Crippen LogP contribution in [0.1, 0.15) is 38.8 Å². The molecule has 0 radical (unpaired) electrons. The third-order valence-electron chi connectivity index (χ3n) is 3.22. The summed E-state index contributed by atoms with van der Waals surface area (Å²) in [6.45, 7) is 6.20. The number of halogens is 1. The molecule has 1 aromatic carbocycles. The van der Waals surface area contributed by atoms with E-state index in [9.17, 15) is 9.59 Å². The fourth-order valence-corrected chi connectivity index (χ4v) is 2.39. The molecule has 0 aliphatic carbocycles. The number of rotatable bonds is 8. The molecule has 1 atom stereocenters. The highest BCUT2D eigenvalue weighted by Gasteiger charge is 2.15. The van der Waals surface area contributed by atoms with Gasteiger partial charge in [0.1, 0.15) is 6.04 Å². The molecule has 0 bridgehead atoms. The normalized spacial score (nSPS) is 12.0. The van der Waals surface area contributed by atoms with E-state index in [0.29, 0.717) is 6.54 Å². The maximum atomic E-state index is 11.8. The van der Waals surface area contributed by atoms with Crippen LogP contribution in [0.15, 0.2) is 28.7 Å². The van der Waals surface area contributed by atoms with E-state index in [2.05, 4.69) is 45.6 Å². The highest BCUT2D eigenvalue weighted by molar-refractivity contribution is 9.10. The van der Waals surface area contributed by atoms with Crippen LogP contribution < -0.4 is 16.0 Å². The second kappa shape index (κ2) is 9.58. The van der Waals surface area contributed by atoms with Crippen molar-refractivity contribution >= 4 is 27.7 Å². The summed E-state index contributed by atoms with van der Waals surface area (Å²) >= 11 is 3.42. The van der Waals surface area contributed by atoms with Crippen LogP contribution in [-0.2, 0) is 9.59 Å². The molecule has 5 nitrogen and oxygen atoms in total. The lowest BCUT2D eigenvalue weighted by Crippen LogP contribution is -2.87. The van der Waals surface area contributed by atoms with Crippen molar-refractivity contribution in [3.05, 3.63) is 34.3 Å². The van der Waals surface area contributed by atoms with E-state index in [4.69, 9.17) is 0 Å². The zero-order chi connectivity index (χ0) is 16.5. The summed E-state index contributed by atoms with van der Waals surface area (Å²) in [4.78, 5) is 23.3. The third kappa shape index (κ3) is 7.04. The quantitative estimate of drug-likeness (QED) is 0.640. The van der Waals surface area contributed by atoms with E-state index < -0.39 is 0 Å². The molecule has 0 aliphatic heterocycles. The Morgan fingerprint density at radius 2 is 1.82 bits per heavy atom. The van der Waals surface area contributed by atoms with Crippen molar-refractivity contribution < 1.29 is 14.9 Å². The van der Waals surface area contributed by atoms with Gasteiger partial charge in [-0.15, -0.1) is 0 Å². The van der Waals surface area contributed by atoms with Gasteiger partial charge in [-0.25, -0.2) is 0 Å². The summed E-state index contributed by atoms with van der Waals surface area (Å²) in [5, 5.41) is 7.37. The number of carbonyl (C=O) groups is 2. The van der Waals surface area contributed by atoms with Crippen LogP contribution in [0.2, 0.25) is 0 Å². The highest BCUT2D eigenvalue weighted by atomic mass is 79.9. The molecule has 0 aliphatic rings. The minimum atomic E-state index is -0.164. The first kappa shape index (κ1) is 18.6. The Bertz CT molecular complexity index is 489. The van der Waals surface area contributed by atoms with Crippen LogP contribution in [-0.4, -0.2) is 30.9 Å². The van der Waals surface area contributed by atoms with Crippen molar-refractivity contribution in [1.82, 2.24) is 10.6 Å². The SMILES string of the molecule is CC[C@@H]([NH2+]CC(=O)NCC(=O)NC(C)C)c1ccc(Br)cc1. The molecule has 22 heavy (non-hydrogen) atoms. The first-order valence-corrected chi connectivity index (χ1v) is 8.36. The molecule has 0 spiro atoms. The summed E-state index contributed by atoms with van der Waals surface area (Å²) in [5.74, 6) is -0.294. The van der Waals surface area contributed by atoms with Gasteiger partial charge in [0.2, 0.25) is 5.91 Å². The van der Waals surface area contributed by atoms with E-state index >= 15 is 0 Å². The van der Waals surface area contributed by atoms with Gasteiger partial charge in [0.05, 0.1) is 6.54 Å². The molecule has 0 saturated carbocycles. The number of hydrogen-bond acceptors (Lipinski definition) is 2. The summed E-state index contributed by atoms with van der Waals surface area (Å²) in [6.07, 6.45) is 0.933. The molecule has 122 valence electrons. The van der Waals surface area contributed by atoms with E-state index in [1.807, 2.05) is 31.3 Å². The molecule has 0 aromatic heterocycles. The van der Waals surface area contributed by atoms with Crippen molar-refractivity contribution in [1.29, 1.82) is 0 Å². The van der Waals surface area contributed by atoms with Gasteiger partial charge in [-0.3, -0.25) is 9.59 Å². The fourth-order valence-electron chi connectivity index (χ4n) is 2.12. The van der Waals surface area contributed by atoms with E-state index in [1.165, 1.54) is 5.56 Å². The number of nitrogens with two attached hydrogens (primary N) is 1. The van der Waals surface area contributed by atoms with E-state index in [-0.39, 0.29) is 30.4 Å². The summed E-state index contributed by atoms with van der Waals surface area (Å²) in [7, 11) is 0. The minimum Gasteiger partial charge on any atom is -0.352 e. The molecule has 6 heteroatoms. The van der Waals surface area contributed by atoms with Gasteiger partial charge in [0.25, 0.3) is 5.91 Å². The molecule has 0 saturated heterocycles. The van der Waals surface area contributed by atoms with Gasteiger partial charge in [0, 0.05) is 22.5 Å². The van der Waals surface area contributed by atoms with Crippen molar-refractivity contribution in [2.45, 2.75) is 39.3 Å². The Balaban J connectivity index is 2.38. The molecule has 4 N–H and O–H groups in total. The molecule has 2 amide bonds. The molecule has 0 fully saturated rings. The molecular weight excluding hydrogens is 346 g/mol. The van der Waals surface area contributed by atoms with Gasteiger partial charge in [-0.2, -0.15) is 0 Å². The minimum absolute atomic E-state index is 0.0277. The van der Waals surface area contributed by atoms with Crippen LogP contribution in [0.4, 0.5) is 0 Å². The van der Waals surface area contributed by atoms with Crippen molar-refractivity contribution in [2.24, 2.45) is 0 Å². The van der Waals surface area contributed by atoms with Crippen LogP contribution in [0.3, 0.4) is 0 Å². The molecular formula is C16H25BrN3O2+. The maximum Gasteiger partial charge on any atom is 0.275 e. The topological polar surface area (TPSA) is 74.8 Å². The van der Waals surface area contributed by atoms with Gasteiger partial charge in [-0.1, -0.05) is 35.0 Å². The second-order valence-corrected chi connectivity index (χ2v) is 6.42. The number of nitrogens with one attached hydrogen (secondary N) is 2. The van der Waals surface area contributed by atoms with Crippen LogP contribution in [0, 0.1) is 0 Å². The number of benzene rings is 1. The summed E-state index contributed by atoms with van der Waals surface area (Å²) < 4.78 is 1.04. The maximum absolute atomic E-state index is 11.8. The van der Waals surface area contributed by atoms with Gasteiger partial charge in [0.15, 0.2) is 6.54 Å². The predicted octanol–water partition coefficient (Wildman–Crippen LogP) is 1.10. The van der Waals surface area contributed by atoms with Crippen molar-refractivity contribution in [3.63, 3.8) is 0 Å². The van der Waals surface area contributed by atoms with Crippen molar-refractivity contribution in [2.75, 3.05) is 13.1 Å². The molecule has 0 heterocycles. The van der Waals surface area contributed by atoms with Gasteiger partial charge in [-0.05, 0) is 26.0 Å². The monoisotopic (exact) mass is 370 g/mol. The Morgan fingerprint density at radius 3 is 2.36 bits per heavy atom. The first-order valence-electron chi connectivity index (χ1n) is 7.57. The second-order valence-electron chi connectivity index (χ2n) is 5.51. The van der Waals surface area contributed by atoms with Crippen LogP contribution in [0.5, 0.6) is 0 Å². The Labute approximate surface area is 140 Å². The third-order valence-corrected chi connectivity index (χ3v) is 3.75. The molecule has 1 rings (SSSR count). The first-order chi connectivity index (χ1) is 10.4. The lowest BCUT2D eigenvalue weighted by atomic mass is 10.0. The van der Waals surface area contributed by atoms with E-state index in [0.717, 1.165) is 10.9 Å². The number of carbonyl (C=O) groups excluding carboxylic acids is 2. The predicted molar refractivity (Wildman–Crippen MR) is 90.3 cm³/mol. The average molecular weight is 371 g/mol.